The molecule has 1 aromatic rings. The second kappa shape index (κ2) is 6.38. The normalized spacial score (nSPS) is 16.4. The molecule has 1 aliphatic heterocycles. The van der Waals surface area contributed by atoms with E-state index in [1.54, 1.807) is 12.1 Å². The number of piperidine rings is 1. The van der Waals surface area contributed by atoms with Gasteiger partial charge in [-0.3, -0.25) is 9.59 Å². The summed E-state index contributed by atoms with van der Waals surface area (Å²) in [6.07, 6.45) is 1.51. The molecular formula is C17H24N2O3. The van der Waals surface area contributed by atoms with Crippen molar-refractivity contribution in [3.05, 3.63) is 29.8 Å². The quantitative estimate of drug-likeness (QED) is 0.879. The number of hydrogen-bond donors (Lipinski definition) is 2. The van der Waals surface area contributed by atoms with Crippen LogP contribution in [0.1, 0.15) is 44.0 Å². The Hall–Kier alpha value is -2.04. The van der Waals surface area contributed by atoms with Gasteiger partial charge in [-0.1, -0.05) is 26.8 Å². The topological polar surface area (TPSA) is 69.6 Å². The van der Waals surface area contributed by atoms with Crippen molar-refractivity contribution in [3.63, 3.8) is 0 Å². The molecule has 1 heterocycles. The molecule has 0 bridgehead atoms. The fourth-order valence-electron chi connectivity index (χ4n) is 2.62. The van der Waals surface area contributed by atoms with Crippen molar-refractivity contribution in [2.75, 3.05) is 13.1 Å². The Balaban J connectivity index is 1.88. The number of carbonyl (C=O) groups excluding carboxylic acids is 2. The number of carbonyl (C=O) groups is 2. The van der Waals surface area contributed by atoms with Crippen LogP contribution in [0.4, 0.5) is 0 Å². The van der Waals surface area contributed by atoms with Crippen LogP contribution in [0.15, 0.2) is 24.3 Å². The van der Waals surface area contributed by atoms with Gasteiger partial charge in [0.1, 0.15) is 5.75 Å². The van der Waals surface area contributed by atoms with Gasteiger partial charge in [-0.2, -0.15) is 0 Å². The van der Waals surface area contributed by atoms with Crippen molar-refractivity contribution in [1.29, 1.82) is 0 Å². The molecule has 0 unspecified atom stereocenters. The minimum absolute atomic E-state index is 0.0684. The first-order valence-electron chi connectivity index (χ1n) is 7.66. The van der Waals surface area contributed by atoms with Gasteiger partial charge in [-0.05, 0) is 31.0 Å². The Morgan fingerprint density at radius 2 is 1.86 bits per heavy atom. The van der Waals surface area contributed by atoms with E-state index in [9.17, 15) is 14.7 Å². The molecule has 22 heavy (non-hydrogen) atoms. The Morgan fingerprint density at radius 3 is 2.41 bits per heavy atom. The molecule has 1 aromatic carbocycles. The predicted molar refractivity (Wildman–Crippen MR) is 84.6 cm³/mol. The summed E-state index contributed by atoms with van der Waals surface area (Å²) >= 11 is 0. The molecule has 120 valence electrons. The molecule has 0 atom stereocenters. The Morgan fingerprint density at radius 1 is 1.23 bits per heavy atom. The lowest BCUT2D eigenvalue weighted by atomic mass is 9.93. The third-order valence-electron chi connectivity index (χ3n) is 3.87. The van der Waals surface area contributed by atoms with Gasteiger partial charge in [0.05, 0.1) is 0 Å². The van der Waals surface area contributed by atoms with Gasteiger partial charge < -0.3 is 15.3 Å². The minimum Gasteiger partial charge on any atom is -0.508 e. The molecule has 2 rings (SSSR count). The number of phenols is 1. The second-order valence-corrected chi connectivity index (χ2v) is 6.84. The van der Waals surface area contributed by atoms with Crippen molar-refractivity contribution < 1.29 is 14.7 Å². The van der Waals surface area contributed by atoms with Crippen LogP contribution < -0.4 is 5.32 Å². The lowest BCUT2D eigenvalue weighted by molar-refractivity contribution is -0.140. The van der Waals surface area contributed by atoms with Crippen LogP contribution in [-0.4, -0.2) is 41.0 Å². The minimum atomic E-state index is -0.363. The van der Waals surface area contributed by atoms with Gasteiger partial charge in [0.25, 0.3) is 5.91 Å². The molecule has 2 amide bonds. The summed E-state index contributed by atoms with van der Waals surface area (Å²) in [5, 5.41) is 12.4. The van der Waals surface area contributed by atoms with Gasteiger partial charge >= 0.3 is 0 Å². The largest absolute Gasteiger partial charge is 0.508 e. The van der Waals surface area contributed by atoms with Crippen LogP contribution in [0.5, 0.6) is 5.75 Å². The predicted octanol–water partition coefficient (Wildman–Crippen LogP) is 2.16. The molecular weight excluding hydrogens is 280 g/mol. The van der Waals surface area contributed by atoms with Gasteiger partial charge in [-0.25, -0.2) is 0 Å². The summed E-state index contributed by atoms with van der Waals surface area (Å²) in [7, 11) is 0. The van der Waals surface area contributed by atoms with Crippen LogP contribution in [0.25, 0.3) is 0 Å². The number of nitrogens with one attached hydrogen (secondary N) is 1. The van der Waals surface area contributed by atoms with Crippen LogP contribution in [-0.2, 0) is 4.79 Å². The molecule has 1 fully saturated rings. The van der Waals surface area contributed by atoms with Crippen LogP contribution in [0.2, 0.25) is 0 Å². The van der Waals surface area contributed by atoms with E-state index in [-0.39, 0.29) is 29.0 Å². The fraction of sp³-hybridized carbons (Fsp3) is 0.529. The third kappa shape index (κ3) is 4.00. The van der Waals surface area contributed by atoms with E-state index >= 15 is 0 Å². The third-order valence-corrected chi connectivity index (χ3v) is 3.87. The smallest absolute Gasteiger partial charge is 0.251 e. The van der Waals surface area contributed by atoms with Gasteiger partial charge in [0, 0.05) is 30.1 Å². The highest BCUT2D eigenvalue weighted by atomic mass is 16.3. The van der Waals surface area contributed by atoms with E-state index in [0.717, 1.165) is 12.8 Å². The first kappa shape index (κ1) is 16.3. The molecule has 0 saturated carbocycles. The van der Waals surface area contributed by atoms with Crippen LogP contribution in [0.3, 0.4) is 0 Å². The maximum absolute atomic E-state index is 12.2. The molecule has 0 radical (unpaired) electrons. The van der Waals surface area contributed by atoms with E-state index in [1.165, 1.54) is 12.1 Å². The van der Waals surface area contributed by atoms with E-state index in [1.807, 2.05) is 25.7 Å². The fourth-order valence-corrected chi connectivity index (χ4v) is 2.62. The number of aromatic hydroxyl groups is 1. The van der Waals surface area contributed by atoms with E-state index in [2.05, 4.69) is 5.32 Å². The van der Waals surface area contributed by atoms with Crippen molar-refractivity contribution >= 4 is 11.8 Å². The van der Waals surface area contributed by atoms with E-state index in [0.29, 0.717) is 18.7 Å². The molecule has 0 spiro atoms. The number of nitrogens with zero attached hydrogens (tertiary/aromatic N) is 1. The first-order valence-corrected chi connectivity index (χ1v) is 7.66. The highest BCUT2D eigenvalue weighted by Crippen LogP contribution is 2.21. The van der Waals surface area contributed by atoms with E-state index in [4.69, 9.17) is 0 Å². The Kier molecular flexibility index (Phi) is 4.74. The number of hydrogen-bond acceptors (Lipinski definition) is 3. The number of benzene rings is 1. The lowest BCUT2D eigenvalue weighted by Crippen LogP contribution is -2.49. The number of phenolic OH excluding ortho intramolecular Hbond substituents is 1. The van der Waals surface area contributed by atoms with E-state index < -0.39 is 0 Å². The van der Waals surface area contributed by atoms with Crippen molar-refractivity contribution in [3.8, 4) is 5.75 Å². The zero-order valence-electron chi connectivity index (χ0n) is 13.4. The summed E-state index contributed by atoms with van der Waals surface area (Å²) < 4.78 is 0. The summed E-state index contributed by atoms with van der Waals surface area (Å²) in [5.74, 6) is 0.0556. The number of amides is 2. The second-order valence-electron chi connectivity index (χ2n) is 6.84. The van der Waals surface area contributed by atoms with Gasteiger partial charge in [-0.15, -0.1) is 0 Å². The monoisotopic (exact) mass is 304 g/mol. The SMILES string of the molecule is CC(C)(C)C(=O)N1CCC(NC(=O)c2cccc(O)c2)CC1. The van der Waals surface area contributed by atoms with Crippen molar-refractivity contribution in [2.24, 2.45) is 5.41 Å². The first-order chi connectivity index (χ1) is 10.3. The zero-order chi connectivity index (χ0) is 16.3. The van der Waals surface area contributed by atoms with Crippen LogP contribution in [0, 0.1) is 5.41 Å². The Labute approximate surface area is 131 Å². The van der Waals surface area contributed by atoms with Crippen LogP contribution >= 0.6 is 0 Å². The van der Waals surface area contributed by atoms with Gasteiger partial charge in [0.15, 0.2) is 0 Å². The maximum atomic E-state index is 12.2. The summed E-state index contributed by atoms with van der Waals surface area (Å²) in [6.45, 7) is 7.10. The maximum Gasteiger partial charge on any atom is 0.251 e. The molecule has 2 N–H and O–H groups in total. The molecule has 0 aromatic heterocycles. The molecule has 1 saturated heterocycles. The van der Waals surface area contributed by atoms with Crippen molar-refractivity contribution in [1.82, 2.24) is 10.2 Å². The zero-order valence-corrected chi connectivity index (χ0v) is 13.4. The number of rotatable bonds is 2. The summed E-state index contributed by atoms with van der Waals surface area (Å²) in [6, 6.07) is 6.38. The number of likely N-dealkylation sites (tertiary alicyclic amines) is 1. The summed E-state index contributed by atoms with van der Waals surface area (Å²) in [4.78, 5) is 26.2. The average Bonchev–Trinajstić information content (AvgIpc) is 2.46. The van der Waals surface area contributed by atoms with Crippen molar-refractivity contribution in [2.45, 2.75) is 39.7 Å². The molecule has 0 aliphatic carbocycles. The summed E-state index contributed by atoms with van der Waals surface area (Å²) in [5.41, 5.74) is 0.0886. The molecule has 1 aliphatic rings. The lowest BCUT2D eigenvalue weighted by Gasteiger charge is -2.36. The highest BCUT2D eigenvalue weighted by Gasteiger charge is 2.30. The average molecular weight is 304 g/mol. The molecule has 5 nitrogen and oxygen atoms in total. The Bertz CT molecular complexity index is 555. The standard InChI is InChI=1S/C17H24N2O3/c1-17(2,3)16(22)19-9-7-13(8-10-19)18-15(21)12-5-4-6-14(20)11-12/h4-6,11,13,20H,7-10H2,1-3H3,(H,18,21). The highest BCUT2D eigenvalue weighted by molar-refractivity contribution is 5.94. The van der Waals surface area contributed by atoms with Gasteiger partial charge in [0.2, 0.25) is 5.91 Å². The molecule has 5 heteroatoms.